The molecule has 82 valence electrons. The standard InChI is InChI=1S/C11H16N2O2/c1-7-8(9(12)14)10(13)15-11(7)5-3-2-4-6-11/h13H,2-6H2,1H3,(H2,12,14). The molecule has 1 aliphatic carbocycles. The van der Waals surface area contributed by atoms with Crippen LogP contribution in [0.1, 0.15) is 39.0 Å². The van der Waals surface area contributed by atoms with Crippen LogP contribution in [0, 0.1) is 5.41 Å². The van der Waals surface area contributed by atoms with Crippen molar-refractivity contribution in [3.8, 4) is 0 Å². The van der Waals surface area contributed by atoms with Crippen LogP contribution in [0.15, 0.2) is 11.1 Å². The maximum absolute atomic E-state index is 11.2. The number of primary amides is 1. The van der Waals surface area contributed by atoms with Crippen LogP contribution in [0.2, 0.25) is 0 Å². The summed E-state index contributed by atoms with van der Waals surface area (Å²) >= 11 is 0. The number of nitrogens with one attached hydrogen (secondary N) is 1. The van der Waals surface area contributed by atoms with Crippen LogP contribution < -0.4 is 5.73 Å². The molecule has 0 aromatic carbocycles. The largest absolute Gasteiger partial charge is 0.466 e. The Kier molecular flexibility index (Phi) is 2.29. The van der Waals surface area contributed by atoms with Crippen molar-refractivity contribution in [3.05, 3.63) is 11.1 Å². The number of hydrogen-bond acceptors (Lipinski definition) is 3. The molecule has 0 unspecified atom stereocenters. The highest BCUT2D eigenvalue weighted by Gasteiger charge is 2.45. The molecule has 1 fully saturated rings. The SMILES string of the molecule is CC1=C(C(N)=O)C(=N)OC12CCCCC2. The average Bonchev–Trinajstić information content (AvgIpc) is 2.40. The maximum atomic E-state index is 11.2. The van der Waals surface area contributed by atoms with E-state index in [2.05, 4.69) is 0 Å². The zero-order valence-electron chi connectivity index (χ0n) is 8.93. The van der Waals surface area contributed by atoms with E-state index in [-0.39, 0.29) is 17.1 Å². The molecule has 1 aliphatic heterocycles. The molecule has 1 heterocycles. The first-order valence-corrected chi connectivity index (χ1v) is 5.36. The average molecular weight is 208 g/mol. The fourth-order valence-corrected chi connectivity index (χ4v) is 2.62. The number of carbonyl (C=O) groups excluding carboxylic acids is 1. The molecule has 0 aromatic rings. The lowest BCUT2D eigenvalue weighted by Gasteiger charge is -2.33. The maximum Gasteiger partial charge on any atom is 0.254 e. The molecule has 2 rings (SSSR count). The van der Waals surface area contributed by atoms with E-state index in [1.54, 1.807) is 0 Å². The molecule has 0 saturated heterocycles. The Morgan fingerprint density at radius 2 is 2.00 bits per heavy atom. The Morgan fingerprint density at radius 3 is 2.47 bits per heavy atom. The van der Waals surface area contributed by atoms with Crippen molar-refractivity contribution in [2.45, 2.75) is 44.6 Å². The molecule has 4 nitrogen and oxygen atoms in total. The molecule has 1 amide bonds. The molecule has 0 atom stereocenters. The van der Waals surface area contributed by atoms with E-state index in [9.17, 15) is 4.79 Å². The molecule has 1 spiro atoms. The Bertz CT molecular complexity index is 352. The molecular weight excluding hydrogens is 192 g/mol. The Morgan fingerprint density at radius 1 is 1.40 bits per heavy atom. The highest BCUT2D eigenvalue weighted by Crippen LogP contribution is 2.43. The van der Waals surface area contributed by atoms with Gasteiger partial charge < -0.3 is 10.5 Å². The molecule has 0 aromatic heterocycles. The predicted octanol–water partition coefficient (Wildman–Crippen LogP) is 1.50. The lowest BCUT2D eigenvalue weighted by molar-refractivity contribution is -0.114. The van der Waals surface area contributed by atoms with Crippen molar-refractivity contribution in [3.63, 3.8) is 0 Å². The predicted molar refractivity (Wildman–Crippen MR) is 56.5 cm³/mol. The van der Waals surface area contributed by atoms with E-state index in [1.807, 2.05) is 6.92 Å². The summed E-state index contributed by atoms with van der Waals surface area (Å²) in [5, 5.41) is 7.65. The van der Waals surface area contributed by atoms with E-state index >= 15 is 0 Å². The van der Waals surface area contributed by atoms with Crippen LogP contribution in [0.3, 0.4) is 0 Å². The number of carbonyl (C=O) groups is 1. The van der Waals surface area contributed by atoms with Crippen molar-refractivity contribution in [1.29, 1.82) is 5.41 Å². The van der Waals surface area contributed by atoms with Gasteiger partial charge in [-0.25, -0.2) is 0 Å². The van der Waals surface area contributed by atoms with Gasteiger partial charge in [-0.15, -0.1) is 0 Å². The fraction of sp³-hybridized carbons (Fsp3) is 0.636. The first-order valence-electron chi connectivity index (χ1n) is 5.36. The Hall–Kier alpha value is -1.32. The van der Waals surface area contributed by atoms with Crippen molar-refractivity contribution in [1.82, 2.24) is 0 Å². The highest BCUT2D eigenvalue weighted by atomic mass is 16.5. The molecule has 0 bridgehead atoms. The van der Waals surface area contributed by atoms with E-state index in [1.165, 1.54) is 6.42 Å². The van der Waals surface area contributed by atoms with Crippen LogP contribution in [-0.4, -0.2) is 17.4 Å². The molecule has 4 heteroatoms. The van der Waals surface area contributed by atoms with Gasteiger partial charge in [-0.2, -0.15) is 0 Å². The molecule has 2 aliphatic rings. The fourth-order valence-electron chi connectivity index (χ4n) is 2.62. The number of rotatable bonds is 1. The second kappa shape index (κ2) is 3.36. The first kappa shape index (κ1) is 10.2. The number of ether oxygens (including phenoxy) is 1. The Labute approximate surface area is 89.0 Å². The highest BCUT2D eigenvalue weighted by molar-refractivity contribution is 6.19. The van der Waals surface area contributed by atoms with Gasteiger partial charge in [0.05, 0.1) is 0 Å². The van der Waals surface area contributed by atoms with Gasteiger partial charge in [-0.05, 0) is 38.2 Å². The summed E-state index contributed by atoms with van der Waals surface area (Å²) < 4.78 is 5.58. The smallest absolute Gasteiger partial charge is 0.254 e. The van der Waals surface area contributed by atoms with Crippen molar-refractivity contribution in [2.75, 3.05) is 0 Å². The zero-order valence-corrected chi connectivity index (χ0v) is 8.93. The van der Waals surface area contributed by atoms with Gasteiger partial charge in [0.15, 0.2) is 0 Å². The van der Waals surface area contributed by atoms with Gasteiger partial charge in [-0.1, -0.05) is 6.42 Å². The minimum absolute atomic E-state index is 0.0399. The Balaban J connectivity index is 2.38. The summed E-state index contributed by atoms with van der Waals surface area (Å²) in [5.74, 6) is -0.582. The lowest BCUT2D eigenvalue weighted by Crippen LogP contribution is -2.33. The minimum Gasteiger partial charge on any atom is -0.466 e. The van der Waals surface area contributed by atoms with Gasteiger partial charge in [0, 0.05) is 0 Å². The lowest BCUT2D eigenvalue weighted by atomic mass is 9.79. The van der Waals surface area contributed by atoms with Gasteiger partial charge in [0.1, 0.15) is 11.2 Å². The van der Waals surface area contributed by atoms with Crippen LogP contribution in [-0.2, 0) is 9.53 Å². The topological polar surface area (TPSA) is 76.2 Å². The normalized spacial score (nSPS) is 24.5. The third-order valence-corrected chi connectivity index (χ3v) is 3.49. The monoisotopic (exact) mass is 208 g/mol. The quantitative estimate of drug-likeness (QED) is 0.685. The van der Waals surface area contributed by atoms with E-state index in [0.29, 0.717) is 0 Å². The second-order valence-electron chi connectivity index (χ2n) is 4.35. The van der Waals surface area contributed by atoms with Gasteiger partial charge in [0.25, 0.3) is 5.91 Å². The number of hydrogen-bond donors (Lipinski definition) is 2. The number of amides is 1. The van der Waals surface area contributed by atoms with Crippen LogP contribution in [0.25, 0.3) is 0 Å². The van der Waals surface area contributed by atoms with Gasteiger partial charge in [-0.3, -0.25) is 10.2 Å². The molecular formula is C11H16N2O2. The summed E-state index contributed by atoms with van der Waals surface area (Å²) in [4.78, 5) is 11.2. The van der Waals surface area contributed by atoms with Crippen LogP contribution in [0.5, 0.6) is 0 Å². The molecule has 0 radical (unpaired) electrons. The van der Waals surface area contributed by atoms with E-state index < -0.39 is 5.91 Å². The van der Waals surface area contributed by atoms with Crippen LogP contribution >= 0.6 is 0 Å². The summed E-state index contributed by atoms with van der Waals surface area (Å²) in [6.07, 6.45) is 5.20. The molecule has 15 heavy (non-hydrogen) atoms. The minimum atomic E-state index is -0.542. The summed E-state index contributed by atoms with van der Waals surface area (Å²) in [7, 11) is 0. The van der Waals surface area contributed by atoms with Crippen LogP contribution in [0.4, 0.5) is 0 Å². The number of nitrogens with two attached hydrogens (primary N) is 1. The zero-order chi connectivity index (χ0) is 11.1. The van der Waals surface area contributed by atoms with Gasteiger partial charge >= 0.3 is 0 Å². The van der Waals surface area contributed by atoms with E-state index in [4.69, 9.17) is 15.9 Å². The third-order valence-electron chi connectivity index (χ3n) is 3.49. The first-order chi connectivity index (χ1) is 7.07. The van der Waals surface area contributed by atoms with Crippen molar-refractivity contribution in [2.24, 2.45) is 5.73 Å². The van der Waals surface area contributed by atoms with Crippen molar-refractivity contribution >= 4 is 11.8 Å². The second-order valence-corrected chi connectivity index (χ2v) is 4.35. The van der Waals surface area contributed by atoms with Gasteiger partial charge in [0.2, 0.25) is 5.90 Å². The molecule has 1 saturated carbocycles. The molecule has 3 N–H and O–H groups in total. The summed E-state index contributed by atoms with van der Waals surface area (Å²) in [6, 6.07) is 0. The third kappa shape index (κ3) is 1.44. The summed E-state index contributed by atoms with van der Waals surface area (Å²) in [5.41, 5.74) is 6.01. The van der Waals surface area contributed by atoms with E-state index in [0.717, 1.165) is 31.3 Å². The summed E-state index contributed by atoms with van der Waals surface area (Å²) in [6.45, 7) is 1.87. The van der Waals surface area contributed by atoms with Crippen molar-refractivity contribution < 1.29 is 9.53 Å².